The van der Waals surface area contributed by atoms with Crippen LogP contribution in [-0.4, -0.2) is 40.5 Å². The van der Waals surface area contributed by atoms with Crippen LogP contribution in [0.4, 0.5) is 26.3 Å². The van der Waals surface area contributed by atoms with Gasteiger partial charge in [0.1, 0.15) is 0 Å². The van der Waals surface area contributed by atoms with E-state index in [1.54, 1.807) is 0 Å². The second-order valence-corrected chi connectivity index (χ2v) is 8.35. The van der Waals surface area contributed by atoms with E-state index in [1.807, 2.05) is 0 Å². The molecule has 0 aliphatic carbocycles. The number of benzene rings is 1. The molecule has 1 fully saturated rings. The number of nitrogens with zero attached hydrogens (tertiary/aromatic N) is 2. The van der Waals surface area contributed by atoms with Crippen molar-refractivity contribution < 1.29 is 35.9 Å². The van der Waals surface area contributed by atoms with Crippen LogP contribution in [0.5, 0.6) is 0 Å². The molecule has 1 saturated heterocycles. The highest BCUT2D eigenvalue weighted by Crippen LogP contribution is 2.32. The number of hydrogen-bond acceptors (Lipinski definition) is 4. The average molecular weight is 491 g/mol. The Morgan fingerprint density at radius 2 is 1.82 bits per heavy atom. The number of aromatic nitrogens is 1. The molecule has 0 spiro atoms. The summed E-state index contributed by atoms with van der Waals surface area (Å²) in [4.78, 5) is 29.7. The summed E-state index contributed by atoms with van der Waals surface area (Å²) < 4.78 is 77.3. The molecule has 0 saturated carbocycles. The van der Waals surface area contributed by atoms with E-state index in [-0.39, 0.29) is 28.8 Å². The van der Waals surface area contributed by atoms with Crippen molar-refractivity contribution in [2.75, 3.05) is 18.8 Å². The lowest BCUT2D eigenvalue weighted by Crippen LogP contribution is -2.39. The topological polar surface area (TPSA) is 62.3 Å². The molecule has 1 unspecified atom stereocenters. The van der Waals surface area contributed by atoms with Gasteiger partial charge in [0.2, 0.25) is 11.8 Å². The zero-order valence-electron chi connectivity index (χ0n) is 17.0. The maximum absolute atomic E-state index is 13.1. The number of nitrogens with one attached hydrogen (secondary N) is 1. The van der Waals surface area contributed by atoms with Crippen LogP contribution in [-0.2, 0) is 21.9 Å². The van der Waals surface area contributed by atoms with Crippen LogP contribution in [0, 0.1) is 0 Å². The third kappa shape index (κ3) is 6.86. The highest BCUT2D eigenvalue weighted by Gasteiger charge is 2.32. The molecule has 0 radical (unpaired) electrons. The number of hydrogen-bond donors (Lipinski definition) is 1. The van der Waals surface area contributed by atoms with Gasteiger partial charge in [0.05, 0.1) is 27.9 Å². The lowest BCUT2D eigenvalue weighted by atomic mass is 10.0. The predicted octanol–water partition coefficient (Wildman–Crippen LogP) is 4.69. The summed E-state index contributed by atoms with van der Waals surface area (Å²) in [5.41, 5.74) is -1.61. The summed E-state index contributed by atoms with van der Waals surface area (Å²) in [5, 5.41) is 2.82. The predicted molar refractivity (Wildman–Crippen MR) is 108 cm³/mol. The zero-order valence-corrected chi connectivity index (χ0v) is 17.9. The molecule has 1 aromatic heterocycles. The number of thioether (sulfide) groups is 1. The Hall–Kier alpha value is -2.76. The first-order valence-electron chi connectivity index (χ1n) is 9.84. The third-order valence-corrected chi connectivity index (χ3v) is 5.88. The fraction of sp³-hybridized carbons (Fsp3) is 0.381. The van der Waals surface area contributed by atoms with Crippen molar-refractivity contribution in [1.82, 2.24) is 15.2 Å². The SMILES string of the molecule is O=C(CSc1ccc(C(F)(F)F)cn1)NC(CN1CCCC1=O)c1cccc(C(F)(F)F)c1. The largest absolute Gasteiger partial charge is 0.417 e. The third-order valence-electron chi connectivity index (χ3n) is 4.94. The van der Waals surface area contributed by atoms with Gasteiger partial charge in [-0.25, -0.2) is 4.98 Å². The van der Waals surface area contributed by atoms with Gasteiger partial charge in [-0.2, -0.15) is 26.3 Å². The van der Waals surface area contributed by atoms with Gasteiger partial charge in [0.15, 0.2) is 0 Å². The maximum atomic E-state index is 13.1. The van der Waals surface area contributed by atoms with E-state index in [0.29, 0.717) is 25.6 Å². The number of pyridine rings is 1. The number of carbonyl (C=O) groups excluding carboxylic acids is 2. The maximum Gasteiger partial charge on any atom is 0.417 e. The Kier molecular flexibility index (Phi) is 7.55. The number of alkyl halides is 6. The normalized spacial score (nSPS) is 15.6. The molecule has 1 aliphatic rings. The Balaban J connectivity index is 1.70. The van der Waals surface area contributed by atoms with Gasteiger partial charge < -0.3 is 10.2 Å². The van der Waals surface area contributed by atoms with Gasteiger partial charge in [0.25, 0.3) is 0 Å². The fourth-order valence-electron chi connectivity index (χ4n) is 3.29. The summed E-state index contributed by atoms with van der Waals surface area (Å²) in [6, 6.07) is 5.59. The highest BCUT2D eigenvalue weighted by molar-refractivity contribution is 7.99. The van der Waals surface area contributed by atoms with Crippen LogP contribution >= 0.6 is 11.8 Å². The van der Waals surface area contributed by atoms with Crippen LogP contribution in [0.15, 0.2) is 47.6 Å². The van der Waals surface area contributed by atoms with Crippen LogP contribution in [0.25, 0.3) is 0 Å². The van der Waals surface area contributed by atoms with E-state index >= 15 is 0 Å². The Labute approximate surface area is 189 Å². The average Bonchev–Trinajstić information content (AvgIpc) is 3.15. The van der Waals surface area contributed by atoms with Crippen molar-refractivity contribution in [2.45, 2.75) is 36.3 Å². The smallest absolute Gasteiger partial charge is 0.347 e. The molecular formula is C21H19F6N3O2S. The van der Waals surface area contributed by atoms with E-state index in [2.05, 4.69) is 10.3 Å². The van der Waals surface area contributed by atoms with Gasteiger partial charge in [-0.1, -0.05) is 23.9 Å². The second kappa shape index (κ2) is 10.0. The summed E-state index contributed by atoms with van der Waals surface area (Å²) in [6.45, 7) is 0.448. The van der Waals surface area contributed by atoms with Gasteiger partial charge in [-0.05, 0) is 36.2 Å². The van der Waals surface area contributed by atoms with E-state index in [9.17, 15) is 35.9 Å². The van der Waals surface area contributed by atoms with Gasteiger partial charge in [0, 0.05) is 25.7 Å². The number of amides is 2. The summed E-state index contributed by atoms with van der Waals surface area (Å²) in [6.07, 6.45) is -7.49. The molecule has 3 rings (SSSR count). The van der Waals surface area contributed by atoms with Crippen LogP contribution in [0.2, 0.25) is 0 Å². The number of rotatable bonds is 7. The minimum atomic E-state index is -4.57. The quantitative estimate of drug-likeness (QED) is 0.451. The van der Waals surface area contributed by atoms with Crippen molar-refractivity contribution in [3.05, 3.63) is 59.3 Å². The molecule has 2 amide bonds. The van der Waals surface area contributed by atoms with Crippen molar-refractivity contribution in [3.8, 4) is 0 Å². The van der Waals surface area contributed by atoms with Gasteiger partial charge in [-0.3, -0.25) is 9.59 Å². The summed E-state index contributed by atoms with van der Waals surface area (Å²) in [7, 11) is 0. The van der Waals surface area contributed by atoms with E-state index < -0.39 is 35.4 Å². The molecule has 2 heterocycles. The van der Waals surface area contributed by atoms with Crippen LogP contribution in [0.1, 0.15) is 35.6 Å². The molecular weight excluding hydrogens is 472 g/mol. The molecule has 33 heavy (non-hydrogen) atoms. The second-order valence-electron chi connectivity index (χ2n) is 7.36. The van der Waals surface area contributed by atoms with Crippen molar-refractivity contribution in [1.29, 1.82) is 0 Å². The number of halogens is 6. The first-order valence-corrected chi connectivity index (χ1v) is 10.8. The van der Waals surface area contributed by atoms with Crippen LogP contribution in [0.3, 0.4) is 0 Å². The lowest BCUT2D eigenvalue weighted by Gasteiger charge is -2.25. The van der Waals surface area contributed by atoms with E-state index in [4.69, 9.17) is 0 Å². The molecule has 5 nitrogen and oxygen atoms in total. The molecule has 1 N–H and O–H groups in total. The fourth-order valence-corrected chi connectivity index (χ4v) is 3.95. The first-order chi connectivity index (χ1) is 15.4. The van der Waals surface area contributed by atoms with Crippen molar-refractivity contribution in [3.63, 3.8) is 0 Å². The van der Waals surface area contributed by atoms with Crippen molar-refractivity contribution in [2.24, 2.45) is 0 Å². The Bertz CT molecular complexity index is 995. The Morgan fingerprint density at radius 1 is 1.09 bits per heavy atom. The molecule has 0 bridgehead atoms. The highest BCUT2D eigenvalue weighted by atomic mass is 32.2. The van der Waals surface area contributed by atoms with Crippen LogP contribution < -0.4 is 5.32 Å². The molecule has 1 aliphatic heterocycles. The number of likely N-dealkylation sites (tertiary alicyclic amines) is 1. The Morgan fingerprint density at radius 3 is 2.39 bits per heavy atom. The molecule has 12 heteroatoms. The summed E-state index contributed by atoms with van der Waals surface area (Å²) >= 11 is 0.885. The molecule has 178 valence electrons. The van der Waals surface area contributed by atoms with E-state index in [0.717, 1.165) is 36.0 Å². The first kappa shape index (κ1) is 24.9. The minimum Gasteiger partial charge on any atom is -0.347 e. The zero-order chi connectivity index (χ0) is 24.2. The molecule has 1 aromatic carbocycles. The summed E-state index contributed by atoms with van der Waals surface area (Å²) in [5.74, 6) is -0.929. The van der Waals surface area contributed by atoms with Crippen molar-refractivity contribution >= 4 is 23.6 Å². The van der Waals surface area contributed by atoms with Gasteiger partial charge in [-0.15, -0.1) is 0 Å². The van der Waals surface area contributed by atoms with Gasteiger partial charge >= 0.3 is 12.4 Å². The van der Waals surface area contributed by atoms with E-state index in [1.165, 1.54) is 17.0 Å². The minimum absolute atomic E-state index is 0.00901. The standard InChI is InChI=1S/C21H19F6N3O2S/c22-20(23,24)14-4-1-3-13(9-14)16(11-30-8-2-5-19(30)32)29-17(31)12-33-18-7-6-15(10-28-18)21(25,26)27/h1,3-4,6-7,9-10,16H,2,5,8,11-12H2,(H,29,31). The monoisotopic (exact) mass is 491 g/mol. The molecule has 1 atom stereocenters. The molecule has 2 aromatic rings. The number of carbonyl (C=O) groups is 2. The lowest BCUT2D eigenvalue weighted by molar-refractivity contribution is -0.138.